The summed E-state index contributed by atoms with van der Waals surface area (Å²) >= 11 is 1.72. The molecule has 0 aliphatic heterocycles. The smallest absolute Gasteiger partial charge is 0.311 e. The van der Waals surface area contributed by atoms with E-state index in [-0.39, 0.29) is 28.8 Å². The molecule has 0 aliphatic rings. The maximum absolute atomic E-state index is 12.7. The van der Waals surface area contributed by atoms with Crippen LogP contribution in [0.25, 0.3) is 0 Å². The van der Waals surface area contributed by atoms with Gasteiger partial charge in [0.15, 0.2) is 0 Å². The van der Waals surface area contributed by atoms with Crippen LogP contribution in [-0.4, -0.2) is 17.6 Å². The number of ether oxygens (including phenoxy) is 1. The molecule has 18 heavy (non-hydrogen) atoms. The highest BCUT2D eigenvalue weighted by Gasteiger charge is 2.18. The summed E-state index contributed by atoms with van der Waals surface area (Å²) in [7, 11) is 0. The fourth-order valence-corrected chi connectivity index (χ4v) is 2.10. The van der Waals surface area contributed by atoms with Gasteiger partial charge in [0.2, 0.25) is 0 Å². The molecule has 0 radical (unpaired) electrons. The number of carbonyl (C=O) groups is 1. The van der Waals surface area contributed by atoms with Gasteiger partial charge in [-0.2, -0.15) is 0 Å². The second-order valence-corrected chi connectivity index (χ2v) is 4.48. The summed E-state index contributed by atoms with van der Waals surface area (Å²) in [5, 5.41) is 0. The summed E-state index contributed by atoms with van der Waals surface area (Å²) in [4.78, 5) is 15.4. The molecule has 4 nitrogen and oxygen atoms in total. The third-order valence-electron chi connectivity index (χ3n) is 2.24. The first kappa shape index (κ1) is 15.2. The largest absolute Gasteiger partial charge is 0.466 e. The van der Waals surface area contributed by atoms with Crippen LogP contribution in [0.15, 0.2) is 6.07 Å². The van der Waals surface area contributed by atoms with Gasteiger partial charge in [0.05, 0.1) is 18.7 Å². The number of alkyl halides is 2. The summed E-state index contributed by atoms with van der Waals surface area (Å²) in [6.07, 6.45) is -2.66. The minimum Gasteiger partial charge on any atom is -0.466 e. The second-order valence-electron chi connectivity index (χ2n) is 3.46. The summed E-state index contributed by atoms with van der Waals surface area (Å²) in [5.74, 6) is -0.444. The van der Waals surface area contributed by atoms with Crippen LogP contribution in [-0.2, 0) is 22.5 Å². The highest BCUT2D eigenvalue weighted by molar-refractivity contribution is 14.1. The molecule has 1 aromatic rings. The Kier molecular flexibility index (Phi) is 5.86. The van der Waals surface area contributed by atoms with Crippen molar-refractivity contribution in [2.24, 2.45) is 5.73 Å². The predicted octanol–water partition coefficient (Wildman–Crippen LogP) is 2.19. The van der Waals surface area contributed by atoms with Crippen LogP contribution in [0.4, 0.5) is 8.78 Å². The lowest BCUT2D eigenvalue weighted by Gasteiger charge is -2.11. The minimum absolute atomic E-state index is 0.0539. The molecule has 1 heterocycles. The first-order valence-electron chi connectivity index (χ1n) is 5.31. The maximum atomic E-state index is 12.7. The first-order valence-corrected chi connectivity index (χ1v) is 6.39. The van der Waals surface area contributed by atoms with E-state index in [1.165, 1.54) is 6.07 Å². The van der Waals surface area contributed by atoms with Crippen molar-refractivity contribution in [3.05, 3.63) is 26.6 Å². The lowest BCUT2D eigenvalue weighted by Crippen LogP contribution is -2.14. The van der Waals surface area contributed by atoms with Gasteiger partial charge in [0.25, 0.3) is 6.43 Å². The Morgan fingerprint density at radius 1 is 1.61 bits per heavy atom. The predicted molar refractivity (Wildman–Crippen MR) is 70.1 cm³/mol. The molecule has 0 atom stereocenters. The van der Waals surface area contributed by atoms with Gasteiger partial charge in [-0.05, 0) is 41.1 Å². The summed E-state index contributed by atoms with van der Waals surface area (Å²) in [5.41, 5.74) is 6.15. The Balaban J connectivity index is 3.05. The Bertz CT molecular complexity index is 441. The average Bonchev–Trinajstić information content (AvgIpc) is 2.29. The van der Waals surface area contributed by atoms with Gasteiger partial charge in [0.1, 0.15) is 3.70 Å². The first-order chi connectivity index (χ1) is 8.49. The van der Waals surface area contributed by atoms with E-state index in [9.17, 15) is 13.6 Å². The van der Waals surface area contributed by atoms with Crippen molar-refractivity contribution in [1.29, 1.82) is 0 Å². The van der Waals surface area contributed by atoms with Crippen molar-refractivity contribution in [2.45, 2.75) is 26.3 Å². The number of pyridine rings is 1. The number of aromatic nitrogens is 1. The molecular weight excluding hydrogens is 357 g/mol. The Hall–Kier alpha value is -0.830. The zero-order valence-corrected chi connectivity index (χ0v) is 11.9. The fraction of sp³-hybridized carbons (Fsp3) is 0.455. The molecule has 0 spiro atoms. The fourth-order valence-electron chi connectivity index (χ4n) is 1.42. The molecule has 1 aromatic heterocycles. The third-order valence-corrected chi connectivity index (χ3v) is 3.11. The second kappa shape index (κ2) is 6.93. The summed E-state index contributed by atoms with van der Waals surface area (Å²) in [6.45, 7) is 2.01. The van der Waals surface area contributed by atoms with Crippen LogP contribution in [0.5, 0.6) is 0 Å². The zero-order chi connectivity index (χ0) is 13.7. The maximum Gasteiger partial charge on any atom is 0.311 e. The van der Waals surface area contributed by atoms with E-state index in [0.29, 0.717) is 11.3 Å². The average molecular weight is 370 g/mol. The van der Waals surface area contributed by atoms with Gasteiger partial charge in [-0.25, -0.2) is 13.8 Å². The number of esters is 1. The Morgan fingerprint density at radius 2 is 2.28 bits per heavy atom. The number of nitrogens with two attached hydrogens (primary N) is 1. The zero-order valence-electron chi connectivity index (χ0n) is 9.75. The monoisotopic (exact) mass is 370 g/mol. The van der Waals surface area contributed by atoms with Crippen LogP contribution < -0.4 is 5.73 Å². The van der Waals surface area contributed by atoms with Gasteiger partial charge >= 0.3 is 5.97 Å². The molecule has 1 rings (SSSR count). The topological polar surface area (TPSA) is 65.2 Å². The molecule has 0 bridgehead atoms. The number of hydrogen-bond acceptors (Lipinski definition) is 4. The summed E-state index contributed by atoms with van der Waals surface area (Å²) in [6, 6.07) is 1.30. The number of rotatable bonds is 5. The molecule has 2 N–H and O–H groups in total. The summed E-state index contributed by atoms with van der Waals surface area (Å²) < 4.78 is 30.3. The van der Waals surface area contributed by atoms with Crippen molar-refractivity contribution < 1.29 is 18.3 Å². The van der Waals surface area contributed by atoms with Crippen LogP contribution >= 0.6 is 22.6 Å². The van der Waals surface area contributed by atoms with E-state index in [2.05, 4.69) is 4.98 Å². The Labute approximate surface area is 117 Å². The Morgan fingerprint density at radius 3 is 2.78 bits per heavy atom. The molecule has 0 fully saturated rings. The molecule has 0 unspecified atom stereocenters. The SMILES string of the molecule is CCOC(=O)Cc1nc(I)c(C(F)F)cc1CN. The van der Waals surface area contributed by atoms with E-state index < -0.39 is 12.4 Å². The van der Waals surface area contributed by atoms with Crippen LogP contribution in [0.1, 0.15) is 30.2 Å². The van der Waals surface area contributed by atoms with E-state index in [0.717, 1.165) is 0 Å². The molecule has 0 saturated heterocycles. The molecule has 0 aromatic carbocycles. The lowest BCUT2D eigenvalue weighted by atomic mass is 10.1. The van der Waals surface area contributed by atoms with Gasteiger partial charge in [0, 0.05) is 12.1 Å². The van der Waals surface area contributed by atoms with Crippen molar-refractivity contribution in [2.75, 3.05) is 6.61 Å². The molecule has 7 heteroatoms. The van der Waals surface area contributed by atoms with E-state index in [4.69, 9.17) is 10.5 Å². The number of halogens is 3. The van der Waals surface area contributed by atoms with Gasteiger partial charge in [-0.3, -0.25) is 4.79 Å². The van der Waals surface area contributed by atoms with E-state index in [1.54, 1.807) is 29.5 Å². The number of carbonyl (C=O) groups excluding carboxylic acids is 1. The lowest BCUT2D eigenvalue weighted by molar-refractivity contribution is -0.142. The highest BCUT2D eigenvalue weighted by atomic mass is 127. The quantitative estimate of drug-likeness (QED) is 0.490. The molecular formula is C11H13F2IN2O2. The van der Waals surface area contributed by atoms with Gasteiger partial charge in [-0.15, -0.1) is 0 Å². The van der Waals surface area contributed by atoms with Crippen molar-refractivity contribution in [3.8, 4) is 0 Å². The molecule has 0 aliphatic carbocycles. The minimum atomic E-state index is -2.61. The van der Waals surface area contributed by atoms with Crippen LogP contribution in [0.3, 0.4) is 0 Å². The van der Waals surface area contributed by atoms with Crippen molar-refractivity contribution >= 4 is 28.6 Å². The third kappa shape index (κ3) is 3.84. The number of hydrogen-bond donors (Lipinski definition) is 1. The van der Waals surface area contributed by atoms with E-state index >= 15 is 0 Å². The highest BCUT2D eigenvalue weighted by Crippen LogP contribution is 2.25. The van der Waals surface area contributed by atoms with Crippen molar-refractivity contribution in [1.82, 2.24) is 4.98 Å². The van der Waals surface area contributed by atoms with Crippen molar-refractivity contribution in [3.63, 3.8) is 0 Å². The normalized spacial score (nSPS) is 10.8. The van der Waals surface area contributed by atoms with Gasteiger partial charge < -0.3 is 10.5 Å². The molecule has 0 amide bonds. The standard InChI is InChI=1S/C11H13F2IN2O2/c1-2-18-9(17)4-8-6(5-15)3-7(10(12)13)11(14)16-8/h3,10H,2,4-5,15H2,1H3. The number of nitrogens with zero attached hydrogens (tertiary/aromatic N) is 1. The van der Waals surface area contributed by atoms with E-state index in [1.807, 2.05) is 0 Å². The van der Waals surface area contributed by atoms with Crippen LogP contribution in [0, 0.1) is 3.70 Å². The molecule has 0 saturated carbocycles. The molecule has 100 valence electrons. The van der Waals surface area contributed by atoms with Crippen LogP contribution in [0.2, 0.25) is 0 Å². The van der Waals surface area contributed by atoms with Gasteiger partial charge in [-0.1, -0.05) is 0 Å².